The molecule has 2 aliphatic heterocycles. The molecule has 10 heteroatoms. The average molecular weight is 330 g/mol. The number of hydrogen-bond acceptors (Lipinski definition) is 6. The van der Waals surface area contributed by atoms with Crippen LogP contribution in [0.1, 0.15) is 12.8 Å². The summed E-state index contributed by atoms with van der Waals surface area (Å²) < 4.78 is 33.8. The van der Waals surface area contributed by atoms with Gasteiger partial charge in [-0.15, -0.1) is 0 Å². The van der Waals surface area contributed by atoms with Gasteiger partial charge < -0.3 is 9.64 Å². The number of ether oxygens (including phenoxy) is 1. The molecule has 2 saturated heterocycles. The number of H-pyrrole nitrogens is 1. The molecular formula is C12H22N6O3S. The number of piperazine rings is 1. The van der Waals surface area contributed by atoms with Gasteiger partial charge in [-0.2, -0.15) is 27.1 Å². The zero-order valence-corrected chi connectivity index (χ0v) is 13.5. The number of nitrogens with one attached hydrogen (secondary N) is 1. The van der Waals surface area contributed by atoms with Crippen LogP contribution >= 0.6 is 0 Å². The van der Waals surface area contributed by atoms with E-state index in [1.807, 2.05) is 4.90 Å². The highest BCUT2D eigenvalue weighted by molar-refractivity contribution is 7.86. The Balaban J connectivity index is 1.58. The Morgan fingerprint density at radius 3 is 2.32 bits per heavy atom. The van der Waals surface area contributed by atoms with Gasteiger partial charge >= 0.3 is 0 Å². The first-order chi connectivity index (χ1) is 10.6. The molecule has 1 aromatic heterocycles. The van der Waals surface area contributed by atoms with Crippen LogP contribution in [0.15, 0.2) is 6.33 Å². The minimum Gasteiger partial charge on any atom is -0.381 e. The third-order valence-corrected chi connectivity index (χ3v) is 6.36. The van der Waals surface area contributed by atoms with Crippen LogP contribution in [0.2, 0.25) is 0 Å². The van der Waals surface area contributed by atoms with Crippen molar-refractivity contribution in [2.75, 3.05) is 51.3 Å². The summed E-state index contributed by atoms with van der Waals surface area (Å²) in [4.78, 5) is 6.11. The maximum absolute atomic E-state index is 12.7. The van der Waals surface area contributed by atoms with Gasteiger partial charge in [0.25, 0.3) is 10.2 Å². The van der Waals surface area contributed by atoms with E-state index in [9.17, 15) is 8.42 Å². The minimum absolute atomic E-state index is 0.176. The zero-order valence-electron chi connectivity index (χ0n) is 12.7. The maximum Gasteiger partial charge on any atom is 0.282 e. The van der Waals surface area contributed by atoms with Crippen molar-refractivity contribution < 1.29 is 13.2 Å². The molecule has 124 valence electrons. The van der Waals surface area contributed by atoms with Crippen LogP contribution in [0, 0.1) is 0 Å². The molecule has 0 radical (unpaired) electrons. The Labute approximate surface area is 130 Å². The third kappa shape index (κ3) is 3.09. The highest BCUT2D eigenvalue weighted by Gasteiger charge is 2.35. The highest BCUT2D eigenvalue weighted by Crippen LogP contribution is 2.20. The lowest BCUT2D eigenvalue weighted by molar-refractivity contribution is 0.0590. The van der Waals surface area contributed by atoms with Crippen LogP contribution < -0.4 is 4.90 Å². The number of hydrogen-bond donors (Lipinski definition) is 1. The molecular weight excluding hydrogens is 308 g/mol. The Bertz CT molecular complexity index is 562. The van der Waals surface area contributed by atoms with Gasteiger partial charge in [-0.1, -0.05) is 0 Å². The molecule has 3 heterocycles. The van der Waals surface area contributed by atoms with Gasteiger partial charge in [0.2, 0.25) is 5.95 Å². The lowest BCUT2D eigenvalue weighted by Gasteiger charge is -2.38. The Kier molecular flexibility index (Phi) is 4.62. The van der Waals surface area contributed by atoms with Crippen molar-refractivity contribution in [3.8, 4) is 0 Å². The fourth-order valence-corrected chi connectivity index (χ4v) is 4.57. The average Bonchev–Trinajstić information content (AvgIpc) is 3.09. The SMILES string of the molecule is COC1CCN(S(=O)(=O)N2CCN(c3ncn[nH]3)CC2)CC1. The van der Waals surface area contributed by atoms with Crippen LogP contribution in [0.25, 0.3) is 0 Å². The molecule has 3 rings (SSSR count). The summed E-state index contributed by atoms with van der Waals surface area (Å²) >= 11 is 0. The van der Waals surface area contributed by atoms with Crippen LogP contribution in [-0.2, 0) is 14.9 Å². The molecule has 0 aromatic carbocycles. The molecule has 0 bridgehead atoms. The molecule has 0 unspecified atom stereocenters. The van der Waals surface area contributed by atoms with Gasteiger partial charge in [-0.25, -0.2) is 5.10 Å². The quantitative estimate of drug-likeness (QED) is 0.783. The smallest absolute Gasteiger partial charge is 0.282 e. The van der Waals surface area contributed by atoms with Crippen molar-refractivity contribution in [3.63, 3.8) is 0 Å². The second-order valence-electron chi connectivity index (χ2n) is 5.54. The number of aromatic nitrogens is 3. The number of methoxy groups -OCH3 is 1. The predicted molar refractivity (Wildman–Crippen MR) is 80.7 cm³/mol. The normalized spacial score (nSPS) is 23.0. The second-order valence-corrected chi connectivity index (χ2v) is 7.47. The van der Waals surface area contributed by atoms with Gasteiger partial charge in [0, 0.05) is 46.4 Å². The molecule has 0 amide bonds. The van der Waals surface area contributed by atoms with Gasteiger partial charge in [0.15, 0.2) is 0 Å². The number of anilines is 1. The molecule has 9 nitrogen and oxygen atoms in total. The van der Waals surface area contributed by atoms with Crippen molar-refractivity contribution in [1.29, 1.82) is 0 Å². The van der Waals surface area contributed by atoms with E-state index >= 15 is 0 Å². The first kappa shape index (κ1) is 15.7. The number of nitrogens with zero attached hydrogens (tertiary/aromatic N) is 5. The first-order valence-corrected chi connectivity index (χ1v) is 8.89. The van der Waals surface area contributed by atoms with Crippen LogP contribution in [0.4, 0.5) is 5.95 Å². The third-order valence-electron chi connectivity index (χ3n) is 4.33. The largest absolute Gasteiger partial charge is 0.381 e. The monoisotopic (exact) mass is 330 g/mol. The highest BCUT2D eigenvalue weighted by atomic mass is 32.2. The molecule has 1 N–H and O–H groups in total. The van der Waals surface area contributed by atoms with Crippen molar-refractivity contribution in [2.24, 2.45) is 0 Å². The summed E-state index contributed by atoms with van der Waals surface area (Å²) in [5.41, 5.74) is 0. The summed E-state index contributed by atoms with van der Waals surface area (Å²) in [6.45, 7) is 3.22. The number of rotatable bonds is 4. The lowest BCUT2D eigenvalue weighted by Crippen LogP contribution is -2.54. The molecule has 2 fully saturated rings. The van der Waals surface area contributed by atoms with E-state index in [4.69, 9.17) is 4.74 Å². The van der Waals surface area contributed by atoms with E-state index < -0.39 is 10.2 Å². The standard InChI is InChI=1S/C12H22N6O3S/c1-21-11-2-4-17(5-3-11)22(19,20)18-8-6-16(7-9-18)12-13-10-14-15-12/h10-11H,2-9H2,1H3,(H,13,14,15). The van der Waals surface area contributed by atoms with E-state index in [0.29, 0.717) is 45.2 Å². The fraction of sp³-hybridized carbons (Fsp3) is 0.833. The summed E-state index contributed by atoms with van der Waals surface area (Å²) in [6, 6.07) is 0. The fourth-order valence-electron chi connectivity index (χ4n) is 2.94. The molecule has 0 spiro atoms. The number of piperidine rings is 1. The summed E-state index contributed by atoms with van der Waals surface area (Å²) in [5, 5.41) is 6.63. The molecule has 1 aromatic rings. The molecule has 0 aliphatic carbocycles. The van der Waals surface area contributed by atoms with E-state index in [0.717, 1.165) is 12.8 Å². The number of aromatic amines is 1. The Morgan fingerprint density at radius 2 is 1.77 bits per heavy atom. The van der Waals surface area contributed by atoms with Crippen molar-refractivity contribution in [1.82, 2.24) is 23.8 Å². The topological polar surface area (TPSA) is 94.7 Å². The minimum atomic E-state index is -3.37. The van der Waals surface area contributed by atoms with Gasteiger partial charge in [-0.05, 0) is 12.8 Å². The van der Waals surface area contributed by atoms with E-state index in [1.165, 1.54) is 6.33 Å². The molecule has 0 atom stereocenters. The van der Waals surface area contributed by atoms with E-state index in [1.54, 1.807) is 15.7 Å². The molecule has 2 aliphatic rings. The zero-order chi connectivity index (χ0) is 15.6. The Morgan fingerprint density at radius 1 is 1.14 bits per heavy atom. The molecule has 0 saturated carbocycles. The van der Waals surface area contributed by atoms with Crippen molar-refractivity contribution >= 4 is 16.2 Å². The van der Waals surface area contributed by atoms with E-state index in [-0.39, 0.29) is 6.10 Å². The summed E-state index contributed by atoms with van der Waals surface area (Å²) in [6.07, 6.45) is 3.15. The second kappa shape index (κ2) is 6.49. The van der Waals surface area contributed by atoms with Gasteiger partial charge in [-0.3, -0.25) is 0 Å². The van der Waals surface area contributed by atoms with E-state index in [2.05, 4.69) is 15.2 Å². The molecule has 22 heavy (non-hydrogen) atoms. The Hall–Kier alpha value is -1.23. The lowest BCUT2D eigenvalue weighted by atomic mass is 10.1. The summed E-state index contributed by atoms with van der Waals surface area (Å²) in [5.74, 6) is 0.693. The van der Waals surface area contributed by atoms with Crippen LogP contribution in [-0.4, -0.2) is 84.7 Å². The van der Waals surface area contributed by atoms with Crippen molar-refractivity contribution in [2.45, 2.75) is 18.9 Å². The predicted octanol–water partition coefficient (Wildman–Crippen LogP) is -0.718. The van der Waals surface area contributed by atoms with Crippen LogP contribution in [0.3, 0.4) is 0 Å². The van der Waals surface area contributed by atoms with Gasteiger partial charge in [0.1, 0.15) is 6.33 Å². The first-order valence-electron chi connectivity index (χ1n) is 7.49. The summed E-state index contributed by atoms with van der Waals surface area (Å²) in [7, 11) is -1.69. The van der Waals surface area contributed by atoms with Gasteiger partial charge in [0.05, 0.1) is 6.10 Å². The van der Waals surface area contributed by atoms with Crippen LogP contribution in [0.5, 0.6) is 0 Å². The van der Waals surface area contributed by atoms with Crippen molar-refractivity contribution in [3.05, 3.63) is 6.33 Å². The maximum atomic E-state index is 12.7.